The summed E-state index contributed by atoms with van der Waals surface area (Å²) >= 11 is 1.40. The first-order valence-corrected chi connectivity index (χ1v) is 9.10. The van der Waals surface area contributed by atoms with Gasteiger partial charge < -0.3 is 5.32 Å². The van der Waals surface area contributed by atoms with E-state index in [2.05, 4.69) is 15.3 Å². The number of hydrogen-bond acceptors (Lipinski definition) is 5. The van der Waals surface area contributed by atoms with Crippen molar-refractivity contribution in [1.82, 2.24) is 19.3 Å². The highest BCUT2D eigenvalue weighted by Crippen LogP contribution is 2.16. The molecular weight excluding hydrogens is 350 g/mol. The number of nitrogens with one attached hydrogen (secondary N) is 1. The Kier molecular flexibility index (Phi) is 5.52. The summed E-state index contributed by atoms with van der Waals surface area (Å²) < 4.78 is 3.28. The summed E-state index contributed by atoms with van der Waals surface area (Å²) in [6.07, 6.45) is 3.59. The smallest absolute Gasteiger partial charge is 0.295 e. The zero-order valence-electron chi connectivity index (χ0n) is 14.5. The number of thioether (sulfide) groups is 1. The molecule has 0 aliphatic rings. The van der Waals surface area contributed by atoms with Crippen LogP contribution in [-0.2, 0) is 11.8 Å². The molecule has 7 nitrogen and oxygen atoms in total. The van der Waals surface area contributed by atoms with Crippen LogP contribution >= 0.6 is 11.8 Å². The van der Waals surface area contributed by atoms with Crippen molar-refractivity contribution in [3.63, 3.8) is 0 Å². The summed E-state index contributed by atoms with van der Waals surface area (Å²) in [6, 6.07) is 11.1. The van der Waals surface area contributed by atoms with E-state index in [1.54, 1.807) is 30.2 Å². The van der Waals surface area contributed by atoms with Crippen LogP contribution in [0.3, 0.4) is 0 Å². The Bertz CT molecular complexity index is 951. The van der Waals surface area contributed by atoms with Gasteiger partial charge in [0.2, 0.25) is 5.91 Å². The standard InChI is InChI=1S/C18H19N5O2S/c1-13-16(17(25)23(22(13)2)14-7-4-3-5-8-14)21-15(24)9-12-26-18-19-10-6-11-20-18/h3-8,10-11H,9,12H2,1-2H3,(H,21,24). The van der Waals surface area contributed by atoms with Gasteiger partial charge in [-0.25, -0.2) is 14.6 Å². The summed E-state index contributed by atoms with van der Waals surface area (Å²) in [7, 11) is 1.79. The largest absolute Gasteiger partial charge is 0.320 e. The molecule has 0 saturated carbocycles. The van der Waals surface area contributed by atoms with E-state index >= 15 is 0 Å². The monoisotopic (exact) mass is 369 g/mol. The highest BCUT2D eigenvalue weighted by atomic mass is 32.2. The van der Waals surface area contributed by atoms with E-state index in [0.717, 1.165) is 5.69 Å². The molecule has 0 aliphatic heterocycles. The fourth-order valence-corrected chi connectivity index (χ4v) is 3.25. The number of amides is 1. The van der Waals surface area contributed by atoms with Crippen molar-refractivity contribution in [1.29, 1.82) is 0 Å². The minimum Gasteiger partial charge on any atom is -0.320 e. The molecule has 1 N–H and O–H groups in total. The first-order valence-electron chi connectivity index (χ1n) is 8.11. The number of aromatic nitrogens is 4. The molecule has 0 bridgehead atoms. The van der Waals surface area contributed by atoms with Crippen molar-refractivity contribution in [3.8, 4) is 5.69 Å². The van der Waals surface area contributed by atoms with Gasteiger partial charge >= 0.3 is 0 Å². The number of rotatable bonds is 6. The number of hydrogen-bond donors (Lipinski definition) is 1. The molecule has 0 atom stereocenters. The molecular formula is C18H19N5O2S. The Balaban J connectivity index is 1.70. The molecule has 134 valence electrons. The molecule has 3 rings (SSSR count). The average Bonchev–Trinajstić information content (AvgIpc) is 2.87. The lowest BCUT2D eigenvalue weighted by atomic mass is 10.3. The van der Waals surface area contributed by atoms with Gasteiger partial charge in [-0.1, -0.05) is 30.0 Å². The van der Waals surface area contributed by atoms with Crippen molar-refractivity contribution >= 4 is 23.4 Å². The Labute approximate surface area is 155 Å². The summed E-state index contributed by atoms with van der Waals surface area (Å²) in [5.74, 6) is 0.327. The molecule has 1 aromatic carbocycles. The van der Waals surface area contributed by atoms with E-state index in [4.69, 9.17) is 0 Å². The number of carbonyl (C=O) groups is 1. The molecule has 0 fully saturated rings. The zero-order chi connectivity index (χ0) is 18.5. The van der Waals surface area contributed by atoms with Gasteiger partial charge in [0.25, 0.3) is 5.56 Å². The van der Waals surface area contributed by atoms with Crippen LogP contribution in [0.1, 0.15) is 12.1 Å². The fourth-order valence-electron chi connectivity index (χ4n) is 2.51. The first kappa shape index (κ1) is 17.9. The molecule has 26 heavy (non-hydrogen) atoms. The number of para-hydroxylation sites is 1. The van der Waals surface area contributed by atoms with Crippen molar-refractivity contribution in [2.24, 2.45) is 7.05 Å². The molecule has 2 heterocycles. The molecule has 0 unspecified atom stereocenters. The Morgan fingerprint density at radius 2 is 1.85 bits per heavy atom. The van der Waals surface area contributed by atoms with Crippen molar-refractivity contribution in [3.05, 3.63) is 64.8 Å². The van der Waals surface area contributed by atoms with E-state index in [0.29, 0.717) is 22.3 Å². The molecule has 0 radical (unpaired) electrons. The Morgan fingerprint density at radius 3 is 2.54 bits per heavy atom. The maximum Gasteiger partial charge on any atom is 0.295 e. The Hall–Kier alpha value is -2.87. The molecule has 2 aromatic heterocycles. The van der Waals surface area contributed by atoms with Crippen LogP contribution < -0.4 is 10.9 Å². The third-order valence-corrected chi connectivity index (χ3v) is 4.80. The lowest BCUT2D eigenvalue weighted by molar-refractivity contribution is -0.115. The summed E-state index contributed by atoms with van der Waals surface area (Å²) in [6.45, 7) is 1.81. The van der Waals surface area contributed by atoms with Gasteiger partial charge in [0.1, 0.15) is 5.69 Å². The normalized spacial score (nSPS) is 10.7. The average molecular weight is 369 g/mol. The quantitative estimate of drug-likeness (QED) is 0.533. The predicted molar refractivity (Wildman–Crippen MR) is 102 cm³/mol. The van der Waals surface area contributed by atoms with Crippen LogP contribution in [-0.4, -0.2) is 31.0 Å². The first-order chi connectivity index (χ1) is 12.6. The van der Waals surface area contributed by atoms with E-state index in [-0.39, 0.29) is 17.9 Å². The second kappa shape index (κ2) is 8.01. The van der Waals surface area contributed by atoms with Crippen LogP contribution in [0.5, 0.6) is 0 Å². The topological polar surface area (TPSA) is 81.8 Å². The maximum atomic E-state index is 12.7. The van der Waals surface area contributed by atoms with Gasteiger partial charge in [-0.2, -0.15) is 0 Å². The van der Waals surface area contributed by atoms with Gasteiger partial charge in [0, 0.05) is 31.6 Å². The maximum absolute atomic E-state index is 12.7. The highest BCUT2D eigenvalue weighted by molar-refractivity contribution is 7.99. The minimum absolute atomic E-state index is 0.209. The van der Waals surface area contributed by atoms with Gasteiger partial charge in [0.15, 0.2) is 5.16 Å². The van der Waals surface area contributed by atoms with Crippen LogP contribution in [0.2, 0.25) is 0 Å². The SMILES string of the molecule is Cc1c(NC(=O)CCSc2ncccn2)c(=O)n(-c2ccccc2)n1C. The third-order valence-electron chi connectivity index (χ3n) is 3.92. The van der Waals surface area contributed by atoms with Crippen molar-refractivity contribution in [2.75, 3.05) is 11.1 Å². The number of anilines is 1. The summed E-state index contributed by atoms with van der Waals surface area (Å²) in [5.41, 5.74) is 1.51. The summed E-state index contributed by atoms with van der Waals surface area (Å²) in [4.78, 5) is 33.2. The van der Waals surface area contributed by atoms with E-state index in [1.165, 1.54) is 16.4 Å². The fraction of sp³-hybridized carbons (Fsp3) is 0.222. The third kappa shape index (κ3) is 3.85. The molecule has 0 saturated heterocycles. The second-order valence-electron chi connectivity index (χ2n) is 5.61. The van der Waals surface area contributed by atoms with E-state index in [9.17, 15) is 9.59 Å². The van der Waals surface area contributed by atoms with E-state index in [1.807, 2.05) is 37.3 Å². The van der Waals surface area contributed by atoms with Crippen molar-refractivity contribution < 1.29 is 4.79 Å². The molecule has 1 amide bonds. The van der Waals surface area contributed by atoms with Gasteiger partial charge in [0.05, 0.1) is 11.4 Å². The lowest BCUT2D eigenvalue weighted by Gasteiger charge is -2.07. The van der Waals surface area contributed by atoms with E-state index < -0.39 is 0 Å². The minimum atomic E-state index is -0.247. The van der Waals surface area contributed by atoms with Crippen molar-refractivity contribution in [2.45, 2.75) is 18.5 Å². The van der Waals surface area contributed by atoms with Gasteiger partial charge in [-0.3, -0.25) is 14.3 Å². The van der Waals surface area contributed by atoms with Crippen LogP contribution in [0.4, 0.5) is 5.69 Å². The number of benzene rings is 1. The number of nitrogens with zero attached hydrogens (tertiary/aromatic N) is 4. The molecule has 8 heteroatoms. The van der Waals surface area contributed by atoms with Crippen LogP contribution in [0, 0.1) is 6.92 Å². The van der Waals surface area contributed by atoms with Crippen LogP contribution in [0.25, 0.3) is 5.69 Å². The Morgan fingerprint density at radius 1 is 1.15 bits per heavy atom. The summed E-state index contributed by atoms with van der Waals surface area (Å²) in [5, 5.41) is 3.38. The predicted octanol–water partition coefficient (Wildman–Crippen LogP) is 2.40. The lowest BCUT2D eigenvalue weighted by Crippen LogP contribution is -2.23. The molecule has 0 spiro atoms. The second-order valence-corrected chi connectivity index (χ2v) is 6.68. The zero-order valence-corrected chi connectivity index (χ0v) is 15.4. The van der Waals surface area contributed by atoms with Gasteiger partial charge in [-0.15, -0.1) is 0 Å². The number of carbonyl (C=O) groups excluding carboxylic acids is 1. The van der Waals surface area contributed by atoms with Gasteiger partial charge in [-0.05, 0) is 25.1 Å². The molecule has 3 aromatic rings. The van der Waals surface area contributed by atoms with Crippen LogP contribution in [0.15, 0.2) is 58.7 Å². The highest BCUT2D eigenvalue weighted by Gasteiger charge is 2.17. The molecule has 0 aliphatic carbocycles.